The third kappa shape index (κ3) is 6.19. The monoisotopic (exact) mass is 499 g/mol. The number of aliphatic imine (C=N–C) groups is 2. The topological polar surface area (TPSA) is 112 Å². The quantitative estimate of drug-likeness (QED) is 0.474. The van der Waals surface area contributed by atoms with Gasteiger partial charge in [0.1, 0.15) is 10.7 Å². The molecule has 0 saturated carbocycles. The number of hydrogen-bond acceptors (Lipinski definition) is 6. The van der Waals surface area contributed by atoms with Crippen molar-refractivity contribution >= 4 is 56.1 Å². The molecule has 1 aliphatic heterocycles. The molecule has 2 aromatic rings. The maximum atomic E-state index is 12.4. The van der Waals surface area contributed by atoms with E-state index in [-0.39, 0.29) is 16.7 Å². The van der Waals surface area contributed by atoms with Crippen LogP contribution in [0.4, 0.5) is 17.1 Å². The zero-order chi connectivity index (χ0) is 24.7. The zero-order valence-electron chi connectivity index (χ0n) is 18.9. The van der Waals surface area contributed by atoms with Gasteiger partial charge in [0.15, 0.2) is 0 Å². The Hall–Kier alpha value is -3.27. The van der Waals surface area contributed by atoms with E-state index < -0.39 is 10.0 Å². The molecule has 0 fully saturated rings. The van der Waals surface area contributed by atoms with Crippen molar-refractivity contribution in [2.75, 3.05) is 17.7 Å². The molecular formula is C24H26ClN5O3S. The van der Waals surface area contributed by atoms with Crippen molar-refractivity contribution in [1.29, 1.82) is 0 Å². The van der Waals surface area contributed by atoms with Crippen LogP contribution in [0.3, 0.4) is 0 Å². The molecule has 1 amide bonds. The molecular weight excluding hydrogens is 474 g/mol. The molecule has 10 heteroatoms. The predicted molar refractivity (Wildman–Crippen MR) is 138 cm³/mol. The van der Waals surface area contributed by atoms with Crippen molar-refractivity contribution in [3.8, 4) is 0 Å². The number of halogens is 1. The maximum absolute atomic E-state index is 12.4. The van der Waals surface area contributed by atoms with Gasteiger partial charge < -0.3 is 10.6 Å². The first-order chi connectivity index (χ1) is 16.3. The Morgan fingerprint density at radius 2 is 1.97 bits per heavy atom. The Labute approximate surface area is 204 Å². The molecule has 0 radical (unpaired) electrons. The number of hydrogen-bond donors (Lipinski definition) is 3. The fourth-order valence-electron chi connectivity index (χ4n) is 3.35. The molecule has 34 heavy (non-hydrogen) atoms. The van der Waals surface area contributed by atoms with Crippen LogP contribution in [0.2, 0.25) is 0 Å². The van der Waals surface area contributed by atoms with Crippen LogP contribution in [0.15, 0.2) is 87.3 Å². The number of amides is 1. The van der Waals surface area contributed by atoms with Crippen molar-refractivity contribution in [3.05, 3.63) is 72.4 Å². The molecule has 0 spiro atoms. The van der Waals surface area contributed by atoms with E-state index >= 15 is 0 Å². The van der Waals surface area contributed by atoms with Gasteiger partial charge >= 0.3 is 0 Å². The van der Waals surface area contributed by atoms with Crippen molar-refractivity contribution < 1.29 is 13.2 Å². The molecule has 2 aromatic carbocycles. The van der Waals surface area contributed by atoms with Gasteiger partial charge in [-0.2, -0.15) is 0 Å². The molecule has 1 aliphatic rings. The number of allylic oxidation sites excluding steroid dienone is 1. The van der Waals surface area contributed by atoms with Crippen molar-refractivity contribution in [1.82, 2.24) is 4.72 Å². The minimum absolute atomic E-state index is 0.0502. The van der Waals surface area contributed by atoms with Gasteiger partial charge in [-0.3, -0.25) is 9.79 Å². The number of anilines is 2. The second-order valence-corrected chi connectivity index (χ2v) is 9.70. The van der Waals surface area contributed by atoms with Gasteiger partial charge in [0.05, 0.1) is 16.4 Å². The van der Waals surface area contributed by atoms with E-state index in [2.05, 4.69) is 31.9 Å². The Bertz CT molecular complexity index is 1290. The number of rotatable bonds is 7. The average Bonchev–Trinajstić information content (AvgIpc) is 2.98. The maximum Gasteiger partial charge on any atom is 0.247 e. The van der Waals surface area contributed by atoms with Crippen LogP contribution in [-0.2, 0) is 14.8 Å². The largest absolute Gasteiger partial charge is 0.343 e. The first kappa shape index (κ1) is 25.4. The Morgan fingerprint density at radius 1 is 1.24 bits per heavy atom. The number of carbonyl (C=O) groups is 1. The first-order valence-corrected chi connectivity index (χ1v) is 12.5. The Morgan fingerprint density at radius 3 is 2.68 bits per heavy atom. The normalized spacial score (nSPS) is 17.4. The highest BCUT2D eigenvalue weighted by Crippen LogP contribution is 2.29. The third-order valence-electron chi connectivity index (χ3n) is 5.18. The number of benzene rings is 2. The van der Waals surface area contributed by atoms with Gasteiger partial charge in [0.25, 0.3) is 0 Å². The molecule has 8 nitrogen and oxygen atoms in total. The molecule has 0 aromatic heterocycles. The molecule has 1 atom stereocenters. The molecule has 1 heterocycles. The second kappa shape index (κ2) is 11.2. The third-order valence-corrected chi connectivity index (χ3v) is 6.96. The number of amidine groups is 1. The summed E-state index contributed by atoms with van der Waals surface area (Å²) in [6.45, 7) is 5.48. The van der Waals surface area contributed by atoms with E-state index in [4.69, 9.17) is 11.6 Å². The number of carbonyl (C=O) groups excluding carboxylic acids is 1. The smallest absolute Gasteiger partial charge is 0.247 e. The standard InChI is InChI=1S/C24H26ClN5O3S/c1-4-16-13-21(30-20-11-6-7-12-22(20)34(32,33)26-3)19(25)15-27-24(16)29-18-10-8-9-17(14-18)28-23(31)5-2/h5-12,14-16,26H,2,4,13H2,1,3H3,(H,27,29)(H,28,31). The fraction of sp³-hybridized carbons (Fsp3) is 0.208. The van der Waals surface area contributed by atoms with Gasteiger partial charge in [0.2, 0.25) is 15.9 Å². The molecule has 178 valence electrons. The lowest BCUT2D eigenvalue weighted by molar-refractivity contribution is -0.111. The number of nitrogens with one attached hydrogen (secondary N) is 3. The van der Waals surface area contributed by atoms with E-state index in [1.807, 2.05) is 19.1 Å². The molecule has 0 aliphatic carbocycles. The molecule has 1 unspecified atom stereocenters. The highest BCUT2D eigenvalue weighted by Gasteiger charge is 2.23. The van der Waals surface area contributed by atoms with E-state index in [0.29, 0.717) is 34.4 Å². The van der Waals surface area contributed by atoms with Gasteiger partial charge in [0, 0.05) is 29.9 Å². The summed E-state index contributed by atoms with van der Waals surface area (Å²) in [5.41, 5.74) is 2.21. The predicted octanol–water partition coefficient (Wildman–Crippen LogP) is 4.81. The van der Waals surface area contributed by atoms with Crippen molar-refractivity contribution in [2.24, 2.45) is 15.9 Å². The van der Waals surface area contributed by atoms with Crippen LogP contribution in [0.5, 0.6) is 0 Å². The number of nitrogens with zero attached hydrogens (tertiary/aromatic N) is 2. The Balaban J connectivity index is 1.89. The minimum Gasteiger partial charge on any atom is -0.343 e. The molecule has 0 saturated heterocycles. The van der Waals surface area contributed by atoms with Crippen molar-refractivity contribution in [2.45, 2.75) is 24.7 Å². The lowest BCUT2D eigenvalue weighted by Crippen LogP contribution is -2.24. The lowest BCUT2D eigenvalue weighted by Gasteiger charge is -2.18. The van der Waals surface area contributed by atoms with Crippen LogP contribution in [0.25, 0.3) is 0 Å². The van der Waals surface area contributed by atoms with Crippen LogP contribution < -0.4 is 15.4 Å². The summed E-state index contributed by atoms with van der Waals surface area (Å²) in [6.07, 6.45) is 3.91. The van der Waals surface area contributed by atoms with Crippen LogP contribution >= 0.6 is 11.6 Å². The molecule has 3 rings (SSSR count). The van der Waals surface area contributed by atoms with Gasteiger partial charge in [-0.1, -0.05) is 43.3 Å². The Kier molecular flexibility index (Phi) is 8.38. The lowest BCUT2D eigenvalue weighted by atomic mass is 9.97. The van der Waals surface area contributed by atoms with E-state index in [9.17, 15) is 13.2 Å². The summed E-state index contributed by atoms with van der Waals surface area (Å²) in [4.78, 5) is 20.8. The summed E-state index contributed by atoms with van der Waals surface area (Å²) in [5, 5.41) is 6.37. The van der Waals surface area contributed by atoms with Gasteiger partial charge in [-0.15, -0.1) is 0 Å². The summed E-state index contributed by atoms with van der Waals surface area (Å²) >= 11 is 6.50. The fourth-order valence-corrected chi connectivity index (χ4v) is 4.39. The minimum atomic E-state index is -3.69. The van der Waals surface area contributed by atoms with E-state index in [1.54, 1.807) is 30.3 Å². The molecule has 0 bridgehead atoms. The van der Waals surface area contributed by atoms with E-state index in [1.165, 1.54) is 25.4 Å². The summed E-state index contributed by atoms with van der Waals surface area (Å²) in [6, 6.07) is 13.7. The summed E-state index contributed by atoms with van der Waals surface area (Å²) in [7, 11) is -2.33. The van der Waals surface area contributed by atoms with Crippen LogP contribution in [-0.4, -0.2) is 32.9 Å². The van der Waals surface area contributed by atoms with Gasteiger partial charge in [-0.05, 0) is 49.9 Å². The second-order valence-electron chi connectivity index (χ2n) is 7.43. The SMILES string of the molecule is C=CC(=O)Nc1cccc(NC2=NC=C(Cl)C(=Nc3ccccc3S(=O)(=O)NC)CC2CC)c1. The number of para-hydroxylation sites is 1. The highest BCUT2D eigenvalue weighted by atomic mass is 35.5. The average molecular weight is 500 g/mol. The zero-order valence-corrected chi connectivity index (χ0v) is 20.4. The van der Waals surface area contributed by atoms with Crippen molar-refractivity contribution in [3.63, 3.8) is 0 Å². The summed E-state index contributed by atoms with van der Waals surface area (Å²) in [5.74, 6) is 0.339. The summed E-state index contributed by atoms with van der Waals surface area (Å²) < 4.78 is 27.1. The first-order valence-electron chi connectivity index (χ1n) is 10.6. The number of sulfonamides is 1. The molecule has 3 N–H and O–H groups in total. The van der Waals surface area contributed by atoms with Gasteiger partial charge in [-0.25, -0.2) is 18.1 Å². The van der Waals surface area contributed by atoms with E-state index in [0.717, 1.165) is 12.1 Å². The highest BCUT2D eigenvalue weighted by molar-refractivity contribution is 7.89. The van der Waals surface area contributed by atoms with Crippen LogP contribution in [0.1, 0.15) is 19.8 Å². The van der Waals surface area contributed by atoms with Crippen LogP contribution in [0, 0.1) is 5.92 Å².